The van der Waals surface area contributed by atoms with Crippen LogP contribution in [0, 0.1) is 0 Å². The van der Waals surface area contributed by atoms with Gasteiger partial charge in [-0.3, -0.25) is 0 Å². The molecule has 0 radical (unpaired) electrons. The van der Waals surface area contributed by atoms with Crippen LogP contribution in [0.5, 0.6) is 0 Å². The summed E-state index contributed by atoms with van der Waals surface area (Å²) in [5.74, 6) is 0. The van der Waals surface area contributed by atoms with Crippen molar-refractivity contribution >= 4 is 27.7 Å². The molecule has 0 aliphatic carbocycles. The van der Waals surface area contributed by atoms with E-state index < -0.39 is 0 Å². The predicted molar refractivity (Wildman–Crippen MR) is 68.2 cm³/mol. The molecular formula is C11H10BrN3S. The van der Waals surface area contributed by atoms with Crippen molar-refractivity contribution in [2.45, 2.75) is 16.6 Å². The normalized spacial score (nSPS) is 10.4. The zero-order valence-corrected chi connectivity index (χ0v) is 10.8. The quantitative estimate of drug-likeness (QED) is 0.946. The Hall–Kier alpha value is -0.910. The van der Waals surface area contributed by atoms with Gasteiger partial charge in [-0.2, -0.15) is 0 Å². The van der Waals surface area contributed by atoms with E-state index in [-0.39, 0.29) is 0 Å². The molecule has 0 aromatic carbocycles. The van der Waals surface area contributed by atoms with E-state index in [4.69, 9.17) is 5.73 Å². The molecule has 0 amide bonds. The zero-order valence-electron chi connectivity index (χ0n) is 8.43. The number of nitrogens with two attached hydrogens (primary N) is 1. The average Bonchev–Trinajstić information content (AvgIpc) is 2.32. The molecular weight excluding hydrogens is 286 g/mol. The van der Waals surface area contributed by atoms with Gasteiger partial charge < -0.3 is 5.73 Å². The molecule has 82 valence electrons. The van der Waals surface area contributed by atoms with Crippen LogP contribution < -0.4 is 5.73 Å². The number of pyridine rings is 2. The molecule has 2 heterocycles. The lowest BCUT2D eigenvalue weighted by molar-refractivity contribution is 0.940. The van der Waals surface area contributed by atoms with Crippen LogP contribution in [-0.2, 0) is 6.54 Å². The summed E-state index contributed by atoms with van der Waals surface area (Å²) in [4.78, 5) is 8.67. The van der Waals surface area contributed by atoms with Crippen molar-refractivity contribution < 1.29 is 0 Å². The summed E-state index contributed by atoms with van der Waals surface area (Å²) >= 11 is 4.88. The maximum Gasteiger partial charge on any atom is 0.103 e. The van der Waals surface area contributed by atoms with Gasteiger partial charge in [-0.05, 0) is 40.2 Å². The van der Waals surface area contributed by atoms with Crippen LogP contribution >= 0.6 is 27.7 Å². The van der Waals surface area contributed by atoms with Gasteiger partial charge >= 0.3 is 0 Å². The summed E-state index contributed by atoms with van der Waals surface area (Å²) < 4.78 is 0.973. The minimum absolute atomic E-state index is 0.460. The van der Waals surface area contributed by atoms with E-state index in [0.717, 1.165) is 20.2 Å². The van der Waals surface area contributed by atoms with Crippen molar-refractivity contribution in [3.8, 4) is 0 Å². The molecule has 0 fully saturated rings. The Bertz CT molecular complexity index is 473. The summed E-state index contributed by atoms with van der Waals surface area (Å²) in [5.41, 5.74) is 6.43. The van der Waals surface area contributed by atoms with Gasteiger partial charge in [-0.1, -0.05) is 17.8 Å². The molecule has 2 N–H and O–H groups in total. The molecule has 3 nitrogen and oxygen atoms in total. The third kappa shape index (κ3) is 3.04. The predicted octanol–water partition coefficient (Wildman–Crippen LogP) is 2.85. The Morgan fingerprint density at radius 3 is 2.75 bits per heavy atom. The molecule has 2 rings (SSSR count). The molecule has 0 saturated carbocycles. The highest BCUT2D eigenvalue weighted by Gasteiger charge is 2.00. The van der Waals surface area contributed by atoms with Gasteiger partial charge in [0.1, 0.15) is 10.1 Å². The number of halogens is 1. The van der Waals surface area contributed by atoms with Crippen molar-refractivity contribution in [3.63, 3.8) is 0 Å². The monoisotopic (exact) mass is 295 g/mol. The van der Waals surface area contributed by atoms with Crippen LogP contribution in [0.25, 0.3) is 0 Å². The summed E-state index contributed by atoms with van der Waals surface area (Å²) in [6.07, 6.45) is 1.77. The van der Waals surface area contributed by atoms with E-state index in [9.17, 15) is 0 Å². The molecule has 2 aromatic heterocycles. The Labute approximate surface area is 107 Å². The lowest BCUT2D eigenvalue weighted by Crippen LogP contribution is -1.99. The fraction of sp³-hybridized carbons (Fsp3) is 0.0909. The van der Waals surface area contributed by atoms with Gasteiger partial charge in [0.15, 0.2) is 0 Å². The number of hydrogen-bond donors (Lipinski definition) is 1. The molecule has 0 unspecified atom stereocenters. The first-order valence-electron chi connectivity index (χ1n) is 4.73. The van der Waals surface area contributed by atoms with E-state index >= 15 is 0 Å². The topological polar surface area (TPSA) is 51.8 Å². The fourth-order valence-corrected chi connectivity index (χ4v) is 2.16. The molecule has 2 aromatic rings. The number of rotatable bonds is 3. The Morgan fingerprint density at radius 2 is 2.06 bits per heavy atom. The van der Waals surface area contributed by atoms with Gasteiger partial charge in [0.2, 0.25) is 0 Å². The largest absolute Gasteiger partial charge is 0.325 e. The molecule has 16 heavy (non-hydrogen) atoms. The summed E-state index contributed by atoms with van der Waals surface area (Å²) in [6, 6.07) is 9.73. The van der Waals surface area contributed by atoms with Crippen LogP contribution in [0.15, 0.2) is 51.1 Å². The second-order valence-electron chi connectivity index (χ2n) is 3.09. The number of nitrogens with zero attached hydrogens (tertiary/aromatic N) is 2. The molecule has 5 heteroatoms. The maximum absolute atomic E-state index is 5.54. The standard InChI is InChI=1S/C11H10BrN3S/c12-8-4-5-10(14-7-8)16-11-3-1-2-9(6-13)15-11/h1-5,7H,6,13H2. The van der Waals surface area contributed by atoms with Gasteiger partial charge in [0.25, 0.3) is 0 Å². The molecule has 0 bridgehead atoms. The minimum atomic E-state index is 0.460. The van der Waals surface area contributed by atoms with Crippen LogP contribution in [0.2, 0.25) is 0 Å². The van der Waals surface area contributed by atoms with Crippen molar-refractivity contribution in [3.05, 3.63) is 46.7 Å². The van der Waals surface area contributed by atoms with E-state index in [0.29, 0.717) is 6.54 Å². The third-order valence-corrected chi connectivity index (χ3v) is 3.26. The average molecular weight is 296 g/mol. The van der Waals surface area contributed by atoms with Crippen LogP contribution in [0.1, 0.15) is 5.69 Å². The molecule has 0 spiro atoms. The Morgan fingerprint density at radius 1 is 1.19 bits per heavy atom. The van der Waals surface area contributed by atoms with Crippen LogP contribution in [0.3, 0.4) is 0 Å². The summed E-state index contributed by atoms with van der Waals surface area (Å²) in [7, 11) is 0. The fourth-order valence-electron chi connectivity index (χ4n) is 1.16. The van der Waals surface area contributed by atoms with Crippen molar-refractivity contribution in [1.82, 2.24) is 9.97 Å². The van der Waals surface area contributed by atoms with E-state index in [2.05, 4.69) is 25.9 Å². The molecule has 0 aliphatic heterocycles. The zero-order chi connectivity index (χ0) is 11.4. The van der Waals surface area contributed by atoms with Crippen molar-refractivity contribution in [2.75, 3.05) is 0 Å². The van der Waals surface area contributed by atoms with Crippen molar-refractivity contribution in [2.24, 2.45) is 5.73 Å². The Balaban J connectivity index is 2.16. The van der Waals surface area contributed by atoms with Gasteiger partial charge in [0.05, 0.1) is 5.69 Å². The first-order chi connectivity index (χ1) is 7.78. The van der Waals surface area contributed by atoms with Gasteiger partial charge in [-0.25, -0.2) is 9.97 Å². The molecule has 0 aliphatic rings. The van der Waals surface area contributed by atoms with Crippen molar-refractivity contribution in [1.29, 1.82) is 0 Å². The molecule has 0 atom stereocenters. The third-order valence-electron chi connectivity index (χ3n) is 1.90. The highest BCUT2D eigenvalue weighted by molar-refractivity contribution is 9.10. The first kappa shape index (κ1) is 11.6. The lowest BCUT2D eigenvalue weighted by atomic mass is 10.4. The highest BCUT2D eigenvalue weighted by atomic mass is 79.9. The summed E-state index contributed by atoms with van der Waals surface area (Å²) in [6.45, 7) is 0.460. The summed E-state index contributed by atoms with van der Waals surface area (Å²) in [5, 5.41) is 1.84. The maximum atomic E-state index is 5.54. The smallest absolute Gasteiger partial charge is 0.103 e. The van der Waals surface area contributed by atoms with Gasteiger partial charge in [0, 0.05) is 17.2 Å². The molecule has 0 saturated heterocycles. The lowest BCUT2D eigenvalue weighted by Gasteiger charge is -2.02. The Kier molecular flexibility index (Phi) is 3.93. The highest BCUT2D eigenvalue weighted by Crippen LogP contribution is 2.24. The number of hydrogen-bond acceptors (Lipinski definition) is 4. The minimum Gasteiger partial charge on any atom is -0.325 e. The second kappa shape index (κ2) is 5.43. The second-order valence-corrected chi connectivity index (χ2v) is 5.04. The van der Waals surface area contributed by atoms with E-state index in [1.54, 1.807) is 6.20 Å². The van der Waals surface area contributed by atoms with E-state index in [1.165, 1.54) is 11.8 Å². The van der Waals surface area contributed by atoms with Crippen LogP contribution in [0.4, 0.5) is 0 Å². The first-order valence-corrected chi connectivity index (χ1v) is 6.34. The SMILES string of the molecule is NCc1cccc(Sc2ccc(Br)cn2)n1. The van der Waals surface area contributed by atoms with Gasteiger partial charge in [-0.15, -0.1) is 0 Å². The van der Waals surface area contributed by atoms with Crippen LogP contribution in [-0.4, -0.2) is 9.97 Å². The number of aromatic nitrogens is 2. The van der Waals surface area contributed by atoms with E-state index in [1.807, 2.05) is 30.3 Å².